The van der Waals surface area contributed by atoms with Gasteiger partial charge in [-0.15, -0.1) is 12.4 Å². The van der Waals surface area contributed by atoms with Gasteiger partial charge in [0.1, 0.15) is 5.78 Å². The van der Waals surface area contributed by atoms with E-state index in [0.29, 0.717) is 12.8 Å². The Labute approximate surface area is 129 Å². The first kappa shape index (κ1) is 19.1. The number of benzene rings is 1. The second kappa shape index (κ2) is 11.9. The molecule has 0 radical (unpaired) electrons. The van der Waals surface area contributed by atoms with Gasteiger partial charge in [-0.2, -0.15) is 0 Å². The molecule has 1 rings (SSSR count). The minimum Gasteiger partial charge on any atom is -0.321 e. The zero-order valence-corrected chi connectivity index (χ0v) is 13.3. The van der Waals surface area contributed by atoms with Crippen LogP contribution in [-0.4, -0.2) is 11.8 Å². The van der Waals surface area contributed by atoms with E-state index in [9.17, 15) is 4.79 Å². The minimum absolute atomic E-state index is 0. The van der Waals surface area contributed by atoms with Gasteiger partial charge in [-0.1, -0.05) is 69.4 Å². The van der Waals surface area contributed by atoms with Crippen LogP contribution >= 0.6 is 12.4 Å². The summed E-state index contributed by atoms with van der Waals surface area (Å²) in [6, 6.07) is 9.67. The smallest absolute Gasteiger partial charge is 0.149 e. The molecule has 0 fully saturated rings. The van der Waals surface area contributed by atoms with Crippen LogP contribution in [0.3, 0.4) is 0 Å². The van der Waals surface area contributed by atoms with E-state index in [1.807, 2.05) is 30.3 Å². The van der Waals surface area contributed by atoms with Gasteiger partial charge >= 0.3 is 0 Å². The molecule has 0 bridgehead atoms. The van der Waals surface area contributed by atoms with Gasteiger partial charge in [-0.3, -0.25) is 4.79 Å². The Balaban J connectivity index is 0.00000361. The molecule has 114 valence electrons. The molecule has 0 amide bonds. The second-order valence-corrected chi connectivity index (χ2v) is 5.28. The monoisotopic (exact) mass is 297 g/mol. The van der Waals surface area contributed by atoms with Crippen LogP contribution < -0.4 is 5.73 Å². The molecule has 3 heteroatoms. The highest BCUT2D eigenvalue weighted by atomic mass is 35.5. The van der Waals surface area contributed by atoms with E-state index in [2.05, 4.69) is 6.92 Å². The average Bonchev–Trinajstić information content (AvgIpc) is 2.43. The zero-order chi connectivity index (χ0) is 13.9. The standard InChI is InChI=1S/C17H27NO.ClH/c1-2-3-4-5-6-10-13-17(19)16(18)14-15-11-8-7-9-12-15;/h7-9,11-12,16H,2-6,10,13-14,18H2,1H3;1H. The molecule has 1 aromatic rings. The van der Waals surface area contributed by atoms with E-state index in [0.717, 1.165) is 18.4 Å². The number of rotatable bonds is 10. The van der Waals surface area contributed by atoms with Crippen molar-refractivity contribution in [2.24, 2.45) is 5.73 Å². The maximum atomic E-state index is 11.9. The van der Waals surface area contributed by atoms with Crippen molar-refractivity contribution in [3.05, 3.63) is 35.9 Å². The molecular formula is C17H28ClNO. The van der Waals surface area contributed by atoms with Gasteiger partial charge in [0.05, 0.1) is 6.04 Å². The average molecular weight is 298 g/mol. The first-order valence-corrected chi connectivity index (χ1v) is 7.56. The van der Waals surface area contributed by atoms with E-state index in [4.69, 9.17) is 5.73 Å². The topological polar surface area (TPSA) is 43.1 Å². The summed E-state index contributed by atoms with van der Waals surface area (Å²) in [6.45, 7) is 2.21. The van der Waals surface area contributed by atoms with Crippen molar-refractivity contribution < 1.29 is 4.79 Å². The maximum Gasteiger partial charge on any atom is 0.149 e. The summed E-state index contributed by atoms with van der Waals surface area (Å²) in [5.41, 5.74) is 7.11. The van der Waals surface area contributed by atoms with Crippen LogP contribution in [0.2, 0.25) is 0 Å². The Hall–Kier alpha value is -0.860. The molecule has 2 N–H and O–H groups in total. The molecule has 0 aliphatic carbocycles. The van der Waals surface area contributed by atoms with E-state index in [-0.39, 0.29) is 24.2 Å². The third-order valence-electron chi connectivity index (χ3n) is 3.49. The van der Waals surface area contributed by atoms with Crippen LogP contribution in [0.1, 0.15) is 57.4 Å². The minimum atomic E-state index is -0.335. The van der Waals surface area contributed by atoms with Crippen molar-refractivity contribution in [3.63, 3.8) is 0 Å². The second-order valence-electron chi connectivity index (χ2n) is 5.28. The summed E-state index contributed by atoms with van der Waals surface area (Å²) in [6.07, 6.45) is 8.56. The van der Waals surface area contributed by atoms with Crippen LogP contribution in [0.15, 0.2) is 30.3 Å². The first-order chi connectivity index (χ1) is 9.24. The van der Waals surface area contributed by atoms with Crippen LogP contribution in [-0.2, 0) is 11.2 Å². The number of halogens is 1. The lowest BCUT2D eigenvalue weighted by molar-refractivity contribution is -0.120. The Morgan fingerprint density at radius 3 is 2.30 bits per heavy atom. The number of carbonyl (C=O) groups excluding carboxylic acids is 1. The largest absolute Gasteiger partial charge is 0.321 e. The van der Waals surface area contributed by atoms with Crippen molar-refractivity contribution in [2.45, 2.75) is 64.3 Å². The molecule has 0 aliphatic rings. The van der Waals surface area contributed by atoms with E-state index in [1.165, 1.54) is 25.7 Å². The number of ketones is 1. The fraction of sp³-hybridized carbons (Fsp3) is 0.588. The summed E-state index contributed by atoms with van der Waals surface area (Å²) in [7, 11) is 0. The third-order valence-corrected chi connectivity index (χ3v) is 3.49. The van der Waals surface area contributed by atoms with Crippen LogP contribution in [0.5, 0.6) is 0 Å². The molecule has 0 aromatic heterocycles. The Kier molecular flexibility index (Phi) is 11.4. The molecule has 0 heterocycles. The summed E-state index contributed by atoms with van der Waals surface area (Å²) in [5.74, 6) is 0.208. The third kappa shape index (κ3) is 8.34. The Morgan fingerprint density at radius 2 is 1.65 bits per heavy atom. The van der Waals surface area contributed by atoms with Crippen molar-refractivity contribution >= 4 is 18.2 Å². The number of hydrogen-bond donors (Lipinski definition) is 1. The highest BCUT2D eigenvalue weighted by Crippen LogP contribution is 2.09. The number of hydrogen-bond acceptors (Lipinski definition) is 2. The van der Waals surface area contributed by atoms with Gasteiger partial charge in [0, 0.05) is 6.42 Å². The lowest BCUT2D eigenvalue weighted by Gasteiger charge is -2.10. The molecule has 0 saturated heterocycles. The fourth-order valence-corrected chi connectivity index (χ4v) is 2.25. The highest BCUT2D eigenvalue weighted by Gasteiger charge is 2.13. The van der Waals surface area contributed by atoms with E-state index >= 15 is 0 Å². The lowest BCUT2D eigenvalue weighted by atomic mass is 9.99. The molecule has 1 unspecified atom stereocenters. The number of unbranched alkanes of at least 4 members (excludes halogenated alkanes) is 5. The highest BCUT2D eigenvalue weighted by molar-refractivity contribution is 5.85. The molecule has 0 spiro atoms. The van der Waals surface area contributed by atoms with E-state index in [1.54, 1.807) is 0 Å². The van der Waals surface area contributed by atoms with Crippen molar-refractivity contribution in [2.75, 3.05) is 0 Å². The van der Waals surface area contributed by atoms with Gasteiger partial charge in [0.25, 0.3) is 0 Å². The van der Waals surface area contributed by atoms with Crippen LogP contribution in [0, 0.1) is 0 Å². The van der Waals surface area contributed by atoms with Crippen molar-refractivity contribution in [1.29, 1.82) is 0 Å². The molecule has 0 saturated carbocycles. The molecule has 0 aliphatic heterocycles. The fourth-order valence-electron chi connectivity index (χ4n) is 2.25. The Bertz CT molecular complexity index is 353. The predicted molar refractivity (Wildman–Crippen MR) is 88.4 cm³/mol. The maximum absolute atomic E-state index is 11.9. The van der Waals surface area contributed by atoms with Gasteiger partial charge in [0.2, 0.25) is 0 Å². The molecule has 1 aromatic carbocycles. The summed E-state index contributed by atoms with van der Waals surface area (Å²) in [5, 5.41) is 0. The normalized spacial score (nSPS) is 11.7. The molecule has 2 nitrogen and oxygen atoms in total. The summed E-state index contributed by atoms with van der Waals surface area (Å²) >= 11 is 0. The predicted octanol–water partition coefficient (Wildman–Crippen LogP) is 4.30. The van der Waals surface area contributed by atoms with E-state index < -0.39 is 0 Å². The number of nitrogens with two attached hydrogens (primary N) is 1. The van der Waals surface area contributed by atoms with Gasteiger partial charge in [0.15, 0.2) is 0 Å². The zero-order valence-electron chi connectivity index (χ0n) is 12.5. The number of Topliss-reactive ketones (excluding diaryl/α,β-unsaturated/α-hetero) is 1. The van der Waals surface area contributed by atoms with Gasteiger partial charge < -0.3 is 5.73 Å². The van der Waals surface area contributed by atoms with Crippen LogP contribution in [0.4, 0.5) is 0 Å². The van der Waals surface area contributed by atoms with Crippen molar-refractivity contribution in [1.82, 2.24) is 0 Å². The Morgan fingerprint density at radius 1 is 1.05 bits per heavy atom. The van der Waals surface area contributed by atoms with Gasteiger partial charge in [-0.05, 0) is 18.4 Å². The van der Waals surface area contributed by atoms with Crippen molar-refractivity contribution in [3.8, 4) is 0 Å². The first-order valence-electron chi connectivity index (χ1n) is 7.56. The SMILES string of the molecule is CCCCCCCCC(=O)C(N)Cc1ccccc1.Cl. The molecule has 1 atom stereocenters. The van der Waals surface area contributed by atoms with Gasteiger partial charge in [-0.25, -0.2) is 0 Å². The molecular weight excluding hydrogens is 270 g/mol. The lowest BCUT2D eigenvalue weighted by Crippen LogP contribution is -2.32. The summed E-state index contributed by atoms with van der Waals surface area (Å²) in [4.78, 5) is 11.9. The number of carbonyl (C=O) groups is 1. The quantitative estimate of drug-likeness (QED) is 0.654. The summed E-state index contributed by atoms with van der Waals surface area (Å²) < 4.78 is 0. The van der Waals surface area contributed by atoms with Crippen LogP contribution in [0.25, 0.3) is 0 Å². The molecule has 20 heavy (non-hydrogen) atoms.